The lowest BCUT2D eigenvalue weighted by molar-refractivity contribution is 0.652. The van der Waals surface area contributed by atoms with Crippen molar-refractivity contribution in [2.24, 2.45) is 0 Å². The fourth-order valence-electron chi connectivity index (χ4n) is 2.68. The van der Waals surface area contributed by atoms with Gasteiger partial charge in [-0.2, -0.15) is 0 Å². The second kappa shape index (κ2) is 17.4. The maximum Gasteiger partial charge on any atom is 0.108 e. The van der Waals surface area contributed by atoms with Gasteiger partial charge in [0.15, 0.2) is 0 Å². The summed E-state index contributed by atoms with van der Waals surface area (Å²) in [6.07, 6.45) is 18.9. The van der Waals surface area contributed by atoms with E-state index in [0.717, 1.165) is 10.9 Å². The maximum absolute atomic E-state index is 2.33. The van der Waals surface area contributed by atoms with E-state index in [-0.39, 0.29) is 0 Å². The predicted molar refractivity (Wildman–Crippen MR) is 99.0 cm³/mol. The van der Waals surface area contributed by atoms with Crippen molar-refractivity contribution in [1.29, 1.82) is 0 Å². The number of hydrogen-bond acceptors (Lipinski definition) is 0. The molecule has 0 unspecified atom stereocenters. The Morgan fingerprint density at radius 3 is 1.10 bits per heavy atom. The molecule has 0 aromatic rings. The molecule has 0 amide bonds. The third-order valence-corrected chi connectivity index (χ3v) is 6.71. The molecule has 0 saturated heterocycles. The fraction of sp³-hybridized carbons (Fsp3) is 1.00. The van der Waals surface area contributed by atoms with Gasteiger partial charge in [-0.15, -0.1) is 0 Å². The van der Waals surface area contributed by atoms with E-state index in [1.807, 2.05) is 0 Å². The highest BCUT2D eigenvalue weighted by atomic mass is 32.2. The lowest BCUT2D eigenvalue weighted by Gasteiger charge is -2.09. The molecule has 0 spiro atoms. The van der Waals surface area contributed by atoms with Gasteiger partial charge in [0.2, 0.25) is 0 Å². The van der Waals surface area contributed by atoms with Crippen LogP contribution in [-0.2, 0) is 10.9 Å². The largest absolute Gasteiger partial charge is 0.108 e. The number of unbranched alkanes of at least 4 members (excludes halogenated alkanes) is 10. The van der Waals surface area contributed by atoms with Crippen molar-refractivity contribution in [3.63, 3.8) is 0 Å². The van der Waals surface area contributed by atoms with Crippen molar-refractivity contribution in [3.8, 4) is 0 Å². The molecule has 0 bridgehead atoms. The monoisotopic (exact) mass is 301 g/mol. The smallest absolute Gasteiger partial charge is 0.0654 e. The van der Waals surface area contributed by atoms with Crippen molar-refractivity contribution in [1.82, 2.24) is 0 Å². The van der Waals surface area contributed by atoms with E-state index in [0.29, 0.717) is 0 Å². The highest BCUT2D eigenvalue weighted by Crippen LogP contribution is 2.13. The van der Waals surface area contributed by atoms with Gasteiger partial charge in [-0.3, -0.25) is 0 Å². The van der Waals surface area contributed by atoms with Crippen molar-refractivity contribution in [3.05, 3.63) is 0 Å². The Balaban J connectivity index is 3.64. The number of rotatable bonds is 16. The predicted octanol–water partition coefficient (Wildman–Crippen LogP) is 6.74. The van der Waals surface area contributed by atoms with E-state index < -0.39 is 0 Å². The van der Waals surface area contributed by atoms with Crippen molar-refractivity contribution in [2.75, 3.05) is 17.3 Å². The molecule has 0 radical (unpaired) electrons. The molecule has 0 N–H and O–H groups in total. The number of hydrogen-bond donors (Lipinski definition) is 0. The van der Waals surface area contributed by atoms with Crippen molar-refractivity contribution >= 4 is 10.9 Å². The molecule has 0 nitrogen and oxygen atoms in total. The normalized spacial score (nSPS) is 11.4. The minimum Gasteiger partial charge on any atom is -0.0654 e. The molecule has 0 aliphatic rings. The minimum atomic E-state index is 0.763. The lowest BCUT2D eigenvalue weighted by Crippen LogP contribution is -2.16. The van der Waals surface area contributed by atoms with Gasteiger partial charge in [-0.1, -0.05) is 65.7 Å². The molecular formula is C19H41S+. The quantitative estimate of drug-likeness (QED) is 0.219. The summed E-state index contributed by atoms with van der Waals surface area (Å²) in [7, 11) is 0.763. The van der Waals surface area contributed by atoms with Gasteiger partial charge in [0.05, 0.1) is 0 Å². The zero-order chi connectivity index (χ0) is 14.9. The van der Waals surface area contributed by atoms with Crippen LogP contribution in [0.1, 0.15) is 104 Å². The highest BCUT2D eigenvalue weighted by molar-refractivity contribution is 7.96. The zero-order valence-electron chi connectivity index (χ0n) is 14.7. The zero-order valence-corrected chi connectivity index (χ0v) is 15.5. The molecule has 0 aliphatic carbocycles. The van der Waals surface area contributed by atoms with Crippen LogP contribution < -0.4 is 0 Å². The van der Waals surface area contributed by atoms with E-state index in [2.05, 4.69) is 20.8 Å². The molecule has 0 rings (SSSR count). The molecule has 1 heteroatoms. The Bertz CT molecular complexity index is 153. The molecule has 0 heterocycles. The van der Waals surface area contributed by atoms with Gasteiger partial charge in [0, 0.05) is 0 Å². The first-order valence-electron chi connectivity index (χ1n) is 9.49. The molecule has 122 valence electrons. The van der Waals surface area contributed by atoms with E-state index >= 15 is 0 Å². The lowest BCUT2D eigenvalue weighted by atomic mass is 10.2. The topological polar surface area (TPSA) is 0 Å². The Kier molecular flexibility index (Phi) is 17.7. The van der Waals surface area contributed by atoms with Crippen LogP contribution in [0.15, 0.2) is 0 Å². The van der Waals surface area contributed by atoms with Gasteiger partial charge in [0.1, 0.15) is 17.3 Å². The molecule has 0 atom stereocenters. The summed E-state index contributed by atoms with van der Waals surface area (Å²) in [5, 5.41) is 0. The van der Waals surface area contributed by atoms with E-state index in [1.165, 1.54) is 89.2 Å². The van der Waals surface area contributed by atoms with Crippen LogP contribution >= 0.6 is 0 Å². The van der Waals surface area contributed by atoms with Gasteiger partial charge < -0.3 is 0 Å². The van der Waals surface area contributed by atoms with E-state index in [1.54, 1.807) is 11.5 Å². The summed E-state index contributed by atoms with van der Waals surface area (Å²) in [6, 6.07) is 0. The Morgan fingerprint density at radius 2 is 0.700 bits per heavy atom. The van der Waals surface area contributed by atoms with Gasteiger partial charge in [-0.25, -0.2) is 0 Å². The highest BCUT2D eigenvalue weighted by Gasteiger charge is 2.16. The standard InChI is InChI=1S/C19H41S/c1-4-7-10-12-15-18-20(17-14-9-6-3)19-16-13-11-8-5-2/h4-19H2,1-3H3/q+1. The molecule has 0 aromatic carbocycles. The average molecular weight is 302 g/mol. The van der Waals surface area contributed by atoms with Gasteiger partial charge in [-0.05, 0) is 49.4 Å². The maximum atomic E-state index is 2.33. The Morgan fingerprint density at radius 1 is 0.400 bits per heavy atom. The van der Waals surface area contributed by atoms with Crippen LogP contribution in [0.2, 0.25) is 0 Å². The van der Waals surface area contributed by atoms with Gasteiger partial charge >= 0.3 is 0 Å². The second-order valence-corrected chi connectivity index (χ2v) is 8.71. The van der Waals surface area contributed by atoms with E-state index in [4.69, 9.17) is 0 Å². The van der Waals surface area contributed by atoms with Gasteiger partial charge in [0.25, 0.3) is 0 Å². The summed E-state index contributed by atoms with van der Waals surface area (Å²) in [5.41, 5.74) is 0. The first-order valence-corrected chi connectivity index (χ1v) is 11.2. The summed E-state index contributed by atoms with van der Waals surface area (Å²) in [5.74, 6) is 4.62. The van der Waals surface area contributed by atoms with Crippen LogP contribution in [-0.4, -0.2) is 17.3 Å². The Labute approximate surface area is 132 Å². The molecule has 0 aliphatic heterocycles. The van der Waals surface area contributed by atoms with Crippen LogP contribution in [0.25, 0.3) is 0 Å². The molecule has 0 fully saturated rings. The summed E-state index contributed by atoms with van der Waals surface area (Å²) in [4.78, 5) is 0. The first-order chi connectivity index (χ1) is 9.85. The molecule has 20 heavy (non-hydrogen) atoms. The third kappa shape index (κ3) is 14.8. The fourth-order valence-corrected chi connectivity index (χ4v) is 5.13. The van der Waals surface area contributed by atoms with Crippen LogP contribution in [0.4, 0.5) is 0 Å². The molecule has 0 saturated carbocycles. The Hall–Kier alpha value is 0.350. The second-order valence-electron chi connectivity index (χ2n) is 6.26. The van der Waals surface area contributed by atoms with Crippen LogP contribution in [0.5, 0.6) is 0 Å². The third-order valence-electron chi connectivity index (χ3n) is 4.11. The average Bonchev–Trinajstić information content (AvgIpc) is 2.46. The van der Waals surface area contributed by atoms with Crippen LogP contribution in [0.3, 0.4) is 0 Å². The summed E-state index contributed by atoms with van der Waals surface area (Å²) in [6.45, 7) is 6.95. The van der Waals surface area contributed by atoms with Crippen LogP contribution in [0, 0.1) is 0 Å². The van der Waals surface area contributed by atoms with Crippen molar-refractivity contribution < 1.29 is 0 Å². The summed E-state index contributed by atoms with van der Waals surface area (Å²) < 4.78 is 0. The molecule has 0 aromatic heterocycles. The minimum absolute atomic E-state index is 0.763. The van der Waals surface area contributed by atoms with Crippen molar-refractivity contribution in [2.45, 2.75) is 104 Å². The first kappa shape index (κ1) is 20.3. The molecular weight excluding hydrogens is 260 g/mol. The van der Waals surface area contributed by atoms with E-state index in [9.17, 15) is 0 Å². The summed E-state index contributed by atoms with van der Waals surface area (Å²) >= 11 is 0. The SMILES string of the molecule is CCCCCCC[S+](CCCCC)CCCCCCC.